The third-order valence-corrected chi connectivity index (χ3v) is 4.15. The van der Waals surface area contributed by atoms with Gasteiger partial charge in [-0.05, 0) is 42.2 Å². The number of hydrogen-bond acceptors (Lipinski definition) is 3. The molecule has 0 saturated heterocycles. The van der Waals surface area contributed by atoms with Gasteiger partial charge in [0.1, 0.15) is 0 Å². The molecular weight excluding hydrogens is 284 g/mol. The number of thiophene rings is 1. The Morgan fingerprint density at radius 3 is 2.67 bits per heavy atom. The van der Waals surface area contributed by atoms with E-state index in [-0.39, 0.29) is 5.91 Å². The van der Waals surface area contributed by atoms with Crippen LogP contribution in [0.5, 0.6) is 0 Å². The summed E-state index contributed by atoms with van der Waals surface area (Å²) in [5, 5.41) is 13.4. The van der Waals surface area contributed by atoms with Gasteiger partial charge in [-0.1, -0.05) is 6.92 Å². The first-order valence-corrected chi connectivity index (χ1v) is 8.03. The molecule has 0 saturated carbocycles. The first kappa shape index (κ1) is 17.5. The van der Waals surface area contributed by atoms with Crippen molar-refractivity contribution >= 4 is 23.2 Å². The molecule has 1 amide bonds. The molecule has 0 bridgehead atoms. The minimum absolute atomic E-state index is 0.0112. The summed E-state index contributed by atoms with van der Waals surface area (Å²) in [6.45, 7) is 7.31. The van der Waals surface area contributed by atoms with Crippen molar-refractivity contribution in [2.75, 3.05) is 27.2 Å². The zero-order valence-electron chi connectivity index (χ0n) is 13.5. The summed E-state index contributed by atoms with van der Waals surface area (Å²) >= 11 is 1.71. The molecule has 0 aliphatic heterocycles. The molecule has 3 N–H and O–H groups in total. The van der Waals surface area contributed by atoms with Crippen molar-refractivity contribution in [3.8, 4) is 0 Å². The smallest absolute Gasteiger partial charge is 0.227 e. The van der Waals surface area contributed by atoms with Gasteiger partial charge in [0.05, 0.1) is 5.41 Å². The van der Waals surface area contributed by atoms with Gasteiger partial charge in [0.15, 0.2) is 5.96 Å². The van der Waals surface area contributed by atoms with Crippen LogP contribution in [0.25, 0.3) is 0 Å². The van der Waals surface area contributed by atoms with E-state index in [2.05, 4.69) is 44.7 Å². The van der Waals surface area contributed by atoms with Gasteiger partial charge < -0.3 is 16.0 Å². The second-order valence-electron chi connectivity index (χ2n) is 5.73. The number of hydrogen-bond donors (Lipinski definition) is 3. The molecular formula is C15H26N4OS. The fraction of sp³-hybridized carbons (Fsp3) is 0.600. The third-order valence-electron chi connectivity index (χ3n) is 3.45. The standard InChI is InChI=1S/C15H26N4OS/c1-11(12-6-7-21-9-12)8-18-14(17-5)19-10-15(2,3)13(20)16-4/h6-7,9,11H,8,10H2,1-5H3,(H,16,20)(H2,17,18,19). The van der Waals surface area contributed by atoms with Gasteiger partial charge in [-0.2, -0.15) is 11.3 Å². The summed E-state index contributed by atoms with van der Waals surface area (Å²) in [6.07, 6.45) is 0. The van der Waals surface area contributed by atoms with Gasteiger partial charge in [0, 0.05) is 27.2 Å². The third kappa shape index (κ3) is 5.38. The number of carbonyl (C=O) groups is 1. The van der Waals surface area contributed by atoms with Gasteiger partial charge in [-0.15, -0.1) is 0 Å². The van der Waals surface area contributed by atoms with Gasteiger partial charge in [0.2, 0.25) is 5.91 Å². The molecule has 0 aromatic carbocycles. The lowest BCUT2D eigenvalue weighted by atomic mass is 9.92. The van der Waals surface area contributed by atoms with Crippen molar-refractivity contribution in [3.63, 3.8) is 0 Å². The molecule has 118 valence electrons. The Bertz CT molecular complexity index is 468. The van der Waals surface area contributed by atoms with Crippen LogP contribution < -0.4 is 16.0 Å². The van der Waals surface area contributed by atoms with E-state index in [0.29, 0.717) is 18.4 Å². The SMILES string of the molecule is CN=C(NCC(C)c1ccsc1)NCC(C)(C)C(=O)NC. The lowest BCUT2D eigenvalue weighted by Gasteiger charge is -2.24. The van der Waals surface area contributed by atoms with Crippen LogP contribution in [0.4, 0.5) is 0 Å². The molecule has 0 fully saturated rings. The Morgan fingerprint density at radius 2 is 2.14 bits per heavy atom. The summed E-state index contributed by atoms with van der Waals surface area (Å²) in [6, 6.07) is 2.14. The van der Waals surface area contributed by atoms with Crippen LogP contribution in [0.2, 0.25) is 0 Å². The molecule has 1 atom stereocenters. The lowest BCUT2D eigenvalue weighted by Crippen LogP contribution is -2.47. The maximum atomic E-state index is 11.7. The normalized spacial score (nSPS) is 13.7. The highest BCUT2D eigenvalue weighted by Crippen LogP contribution is 2.17. The van der Waals surface area contributed by atoms with Crippen LogP contribution in [0.1, 0.15) is 32.3 Å². The Labute approximate surface area is 131 Å². The van der Waals surface area contributed by atoms with Gasteiger partial charge in [-0.25, -0.2) is 0 Å². The average molecular weight is 310 g/mol. The monoisotopic (exact) mass is 310 g/mol. The largest absolute Gasteiger partial charge is 0.359 e. The number of rotatable bonds is 6. The second-order valence-corrected chi connectivity index (χ2v) is 6.51. The second kappa shape index (κ2) is 8.02. The minimum atomic E-state index is -0.481. The van der Waals surface area contributed by atoms with Crippen LogP contribution in [0.3, 0.4) is 0 Å². The number of aliphatic imine (C=N–C) groups is 1. The van der Waals surface area contributed by atoms with Crippen molar-refractivity contribution in [1.82, 2.24) is 16.0 Å². The molecule has 1 aromatic rings. The predicted molar refractivity (Wildman–Crippen MR) is 89.9 cm³/mol. The Kier molecular flexibility index (Phi) is 6.68. The lowest BCUT2D eigenvalue weighted by molar-refractivity contribution is -0.128. The van der Waals surface area contributed by atoms with E-state index in [1.54, 1.807) is 25.4 Å². The van der Waals surface area contributed by atoms with Crippen LogP contribution >= 0.6 is 11.3 Å². The molecule has 1 heterocycles. The molecule has 1 unspecified atom stereocenters. The van der Waals surface area contributed by atoms with Crippen molar-refractivity contribution in [1.29, 1.82) is 0 Å². The maximum absolute atomic E-state index is 11.7. The van der Waals surface area contributed by atoms with E-state index in [9.17, 15) is 4.79 Å². The summed E-state index contributed by atoms with van der Waals surface area (Å²) in [5.74, 6) is 1.15. The fourth-order valence-corrected chi connectivity index (χ4v) is 2.65. The molecule has 5 nitrogen and oxygen atoms in total. The van der Waals surface area contributed by atoms with E-state index < -0.39 is 5.41 Å². The highest BCUT2D eigenvalue weighted by molar-refractivity contribution is 7.07. The molecule has 1 aromatic heterocycles. The van der Waals surface area contributed by atoms with Gasteiger partial charge in [-0.3, -0.25) is 9.79 Å². The average Bonchev–Trinajstić information content (AvgIpc) is 3.00. The summed E-state index contributed by atoms with van der Waals surface area (Å²) < 4.78 is 0. The zero-order valence-corrected chi connectivity index (χ0v) is 14.3. The Morgan fingerprint density at radius 1 is 1.43 bits per heavy atom. The van der Waals surface area contributed by atoms with Crippen LogP contribution in [-0.4, -0.2) is 39.1 Å². The van der Waals surface area contributed by atoms with Crippen LogP contribution in [-0.2, 0) is 4.79 Å². The first-order chi connectivity index (χ1) is 9.90. The maximum Gasteiger partial charge on any atom is 0.227 e. The van der Waals surface area contributed by atoms with Crippen LogP contribution in [0.15, 0.2) is 21.8 Å². The Balaban J connectivity index is 2.44. The van der Waals surface area contributed by atoms with Crippen molar-refractivity contribution in [2.24, 2.45) is 10.4 Å². The molecule has 1 rings (SSSR count). The van der Waals surface area contributed by atoms with E-state index >= 15 is 0 Å². The molecule has 0 spiro atoms. The van der Waals surface area contributed by atoms with E-state index in [4.69, 9.17) is 0 Å². The van der Waals surface area contributed by atoms with Crippen LogP contribution in [0, 0.1) is 5.41 Å². The van der Waals surface area contributed by atoms with Crippen molar-refractivity contribution < 1.29 is 4.79 Å². The highest BCUT2D eigenvalue weighted by Gasteiger charge is 2.26. The van der Waals surface area contributed by atoms with Gasteiger partial charge in [0.25, 0.3) is 0 Å². The number of carbonyl (C=O) groups excluding carboxylic acids is 1. The number of nitrogens with one attached hydrogen (secondary N) is 3. The van der Waals surface area contributed by atoms with E-state index in [1.165, 1.54) is 5.56 Å². The van der Waals surface area contributed by atoms with E-state index in [0.717, 1.165) is 6.54 Å². The minimum Gasteiger partial charge on any atom is -0.359 e. The molecule has 0 aliphatic rings. The summed E-state index contributed by atoms with van der Waals surface area (Å²) in [5.41, 5.74) is 0.847. The topological polar surface area (TPSA) is 65.5 Å². The number of amides is 1. The van der Waals surface area contributed by atoms with Gasteiger partial charge >= 0.3 is 0 Å². The van der Waals surface area contributed by atoms with Crippen molar-refractivity contribution in [2.45, 2.75) is 26.7 Å². The number of guanidine groups is 1. The van der Waals surface area contributed by atoms with E-state index in [1.807, 2.05) is 13.8 Å². The summed E-state index contributed by atoms with van der Waals surface area (Å²) in [7, 11) is 3.39. The summed E-state index contributed by atoms with van der Waals surface area (Å²) in [4.78, 5) is 15.9. The molecule has 6 heteroatoms. The Hall–Kier alpha value is -1.56. The molecule has 21 heavy (non-hydrogen) atoms. The highest BCUT2D eigenvalue weighted by atomic mass is 32.1. The fourth-order valence-electron chi connectivity index (χ4n) is 1.87. The molecule has 0 aliphatic carbocycles. The predicted octanol–water partition coefficient (Wildman–Crippen LogP) is 1.79. The zero-order chi connectivity index (χ0) is 15.9. The quantitative estimate of drug-likeness (QED) is 0.554. The first-order valence-electron chi connectivity index (χ1n) is 7.09. The number of nitrogens with zero attached hydrogens (tertiary/aromatic N) is 1. The van der Waals surface area contributed by atoms with Crippen molar-refractivity contribution in [3.05, 3.63) is 22.4 Å². The molecule has 0 radical (unpaired) electrons.